The third kappa shape index (κ3) is 11.3. The van der Waals surface area contributed by atoms with Crippen molar-refractivity contribution in [3.8, 4) is 22.9 Å². The summed E-state index contributed by atoms with van der Waals surface area (Å²) in [5, 5.41) is 5.54. The molecule has 64 heavy (non-hydrogen) atoms. The lowest BCUT2D eigenvalue weighted by Crippen LogP contribution is -2.14. The first-order valence-electron chi connectivity index (χ1n) is 20.0. The minimum Gasteiger partial charge on any atom is -0.454 e. The van der Waals surface area contributed by atoms with Crippen molar-refractivity contribution in [3.63, 3.8) is 0 Å². The standard InChI is InChI=1S/C26H22F5N3O2.C20H19BrF3N3O/c1-3-22(35)18-8-7-16(11-15(18)2)34-14-33-25-20(32-10-9-26(29,30)31)12-17(13-21(25)34)36-23-6-4-5-19(27)24(23)28;1-3-18(28)15-5-4-14(8-12(15)2)27-11-26-19-16(9-13(21)10-17(19)27)25-7-6-20(22,23)24/h4-8,11-14,32H,3,9-10H2,1-2H3;4-5,8-11,25H,3,6-7H2,1-2H3. The Morgan fingerprint density at radius 3 is 1.62 bits per heavy atom. The Labute approximate surface area is 370 Å². The van der Waals surface area contributed by atoms with E-state index >= 15 is 0 Å². The normalized spacial score (nSPS) is 11.7. The van der Waals surface area contributed by atoms with E-state index in [4.69, 9.17) is 4.74 Å². The average Bonchev–Trinajstić information content (AvgIpc) is 3.86. The minimum atomic E-state index is -4.36. The molecule has 2 N–H and O–H groups in total. The van der Waals surface area contributed by atoms with Crippen molar-refractivity contribution in [3.05, 3.63) is 130 Å². The van der Waals surface area contributed by atoms with E-state index in [2.05, 4.69) is 36.5 Å². The highest BCUT2D eigenvalue weighted by atomic mass is 79.9. The second kappa shape index (κ2) is 19.6. The Balaban J connectivity index is 0.000000219. The molecular weight excluding hydrogens is 916 g/mol. The fourth-order valence-corrected chi connectivity index (χ4v) is 7.33. The summed E-state index contributed by atoms with van der Waals surface area (Å²) in [7, 11) is 0. The van der Waals surface area contributed by atoms with Crippen molar-refractivity contribution in [2.75, 3.05) is 23.7 Å². The van der Waals surface area contributed by atoms with Crippen LogP contribution in [0.5, 0.6) is 11.5 Å². The molecule has 0 fully saturated rings. The van der Waals surface area contributed by atoms with Gasteiger partial charge >= 0.3 is 12.4 Å². The number of aryl methyl sites for hydroxylation is 2. The molecule has 9 nitrogen and oxygen atoms in total. The van der Waals surface area contributed by atoms with E-state index in [0.717, 1.165) is 32.9 Å². The van der Waals surface area contributed by atoms with Crippen LogP contribution >= 0.6 is 15.9 Å². The molecule has 0 saturated carbocycles. The van der Waals surface area contributed by atoms with E-state index in [9.17, 15) is 44.7 Å². The molecule has 0 spiro atoms. The number of imidazole rings is 2. The molecule has 2 heterocycles. The summed E-state index contributed by atoms with van der Waals surface area (Å²) >= 11 is 3.41. The van der Waals surface area contributed by atoms with Gasteiger partial charge in [-0.2, -0.15) is 30.7 Å². The monoisotopic (exact) mass is 956 g/mol. The molecule has 5 aromatic carbocycles. The van der Waals surface area contributed by atoms with E-state index < -0.39 is 43.4 Å². The largest absolute Gasteiger partial charge is 0.454 e. The van der Waals surface area contributed by atoms with E-state index in [1.807, 2.05) is 36.6 Å². The van der Waals surface area contributed by atoms with E-state index in [1.54, 1.807) is 55.1 Å². The van der Waals surface area contributed by atoms with Crippen LogP contribution in [-0.4, -0.2) is 56.1 Å². The topological polar surface area (TPSA) is 103 Å². The lowest BCUT2D eigenvalue weighted by atomic mass is 10.0. The van der Waals surface area contributed by atoms with Crippen molar-refractivity contribution in [2.24, 2.45) is 0 Å². The van der Waals surface area contributed by atoms with Gasteiger partial charge in [-0.15, -0.1) is 0 Å². The first kappa shape index (κ1) is 47.2. The van der Waals surface area contributed by atoms with Crippen LogP contribution in [-0.2, 0) is 0 Å². The molecule has 7 aromatic rings. The predicted octanol–water partition coefficient (Wildman–Crippen LogP) is 13.4. The van der Waals surface area contributed by atoms with Crippen molar-refractivity contribution < 1.29 is 49.4 Å². The number of Topliss-reactive ketones (excluding diaryl/α,β-unsaturated/α-hetero) is 2. The van der Waals surface area contributed by atoms with Crippen LogP contribution in [0.1, 0.15) is 71.4 Å². The number of alkyl halides is 6. The SMILES string of the molecule is CCC(=O)c1ccc(-n2cnc3c(NCCC(F)(F)F)cc(Br)cc32)cc1C.CCC(=O)c1ccc(-n2cnc3c(NCCC(F)(F)F)cc(Oc4cccc(F)c4F)cc32)cc1C. The summed E-state index contributed by atoms with van der Waals surface area (Å²) in [4.78, 5) is 32.9. The molecular formula is C46H41BrF8N6O3. The van der Waals surface area contributed by atoms with Crippen LogP contribution in [0.25, 0.3) is 33.4 Å². The number of carbonyl (C=O) groups excluding carboxylic acids is 2. The van der Waals surface area contributed by atoms with Crippen LogP contribution in [0.2, 0.25) is 0 Å². The summed E-state index contributed by atoms with van der Waals surface area (Å²) in [5.74, 6) is -2.52. The van der Waals surface area contributed by atoms with Gasteiger partial charge in [-0.3, -0.25) is 18.7 Å². The molecule has 2 aromatic heterocycles. The quantitative estimate of drug-likeness (QED) is 0.0827. The number of carbonyl (C=O) groups is 2. The zero-order chi connectivity index (χ0) is 46.5. The molecule has 0 aliphatic carbocycles. The summed E-state index contributed by atoms with van der Waals surface area (Å²) in [5.41, 5.74) is 7.27. The molecule has 0 atom stereocenters. The number of aromatic nitrogens is 4. The molecule has 336 valence electrons. The molecule has 0 aliphatic rings. The Kier molecular flexibility index (Phi) is 14.5. The maximum absolute atomic E-state index is 14.2. The highest BCUT2D eigenvalue weighted by Crippen LogP contribution is 2.35. The third-order valence-corrected chi connectivity index (χ3v) is 10.5. The average molecular weight is 958 g/mol. The van der Waals surface area contributed by atoms with Crippen molar-refractivity contribution in [1.82, 2.24) is 19.1 Å². The Morgan fingerprint density at radius 2 is 1.16 bits per heavy atom. The number of ketones is 2. The van der Waals surface area contributed by atoms with Gasteiger partial charge in [0.15, 0.2) is 23.1 Å². The number of anilines is 2. The number of nitrogens with one attached hydrogen (secondary N) is 2. The Hall–Kier alpha value is -6.30. The van der Waals surface area contributed by atoms with Crippen molar-refractivity contribution >= 4 is 60.9 Å². The molecule has 0 radical (unpaired) electrons. The van der Waals surface area contributed by atoms with Gasteiger partial charge in [-0.05, 0) is 85.6 Å². The molecule has 0 aliphatic heterocycles. The third-order valence-electron chi connectivity index (χ3n) is 10.1. The number of benzene rings is 5. The number of fused-ring (bicyclic) bond motifs is 2. The first-order chi connectivity index (χ1) is 30.3. The molecule has 0 bridgehead atoms. The smallest absolute Gasteiger partial charge is 0.390 e. The van der Waals surface area contributed by atoms with Crippen molar-refractivity contribution in [2.45, 2.75) is 65.7 Å². The zero-order valence-electron chi connectivity index (χ0n) is 34.8. The molecule has 7 rings (SSSR count). The van der Waals surface area contributed by atoms with Crippen LogP contribution in [0.3, 0.4) is 0 Å². The van der Waals surface area contributed by atoms with Gasteiger partial charge in [0.05, 0.1) is 35.2 Å². The molecule has 18 heteroatoms. The number of rotatable bonds is 14. The highest BCUT2D eigenvalue weighted by Gasteiger charge is 2.27. The lowest BCUT2D eigenvalue weighted by Gasteiger charge is -2.14. The first-order valence-corrected chi connectivity index (χ1v) is 20.7. The van der Waals surface area contributed by atoms with Crippen LogP contribution in [0, 0.1) is 25.5 Å². The highest BCUT2D eigenvalue weighted by molar-refractivity contribution is 9.10. The summed E-state index contributed by atoms with van der Waals surface area (Å²) in [6, 6.07) is 20.7. The summed E-state index contributed by atoms with van der Waals surface area (Å²) in [6.45, 7) is 6.63. The molecule has 0 amide bonds. The second-order valence-corrected chi connectivity index (χ2v) is 15.6. The van der Waals surface area contributed by atoms with Crippen molar-refractivity contribution in [1.29, 1.82) is 0 Å². The van der Waals surface area contributed by atoms with Crippen LogP contribution in [0.4, 0.5) is 46.5 Å². The lowest BCUT2D eigenvalue weighted by molar-refractivity contribution is -0.132. The number of hydrogen-bond donors (Lipinski definition) is 2. The Morgan fingerprint density at radius 1 is 0.672 bits per heavy atom. The van der Waals surface area contributed by atoms with Crippen LogP contribution < -0.4 is 15.4 Å². The van der Waals surface area contributed by atoms with Gasteiger partial charge in [0, 0.05) is 65.0 Å². The van der Waals surface area contributed by atoms with Gasteiger partial charge in [-0.25, -0.2) is 14.4 Å². The summed E-state index contributed by atoms with van der Waals surface area (Å²) in [6.07, 6.45) is -6.66. The van der Waals surface area contributed by atoms with Crippen LogP contribution in [0.15, 0.2) is 96.0 Å². The van der Waals surface area contributed by atoms with Gasteiger partial charge in [0.25, 0.3) is 0 Å². The van der Waals surface area contributed by atoms with E-state index in [0.29, 0.717) is 51.9 Å². The van der Waals surface area contributed by atoms with Gasteiger partial charge in [0.1, 0.15) is 29.4 Å². The number of halogens is 9. The Bertz CT molecular complexity index is 2840. The predicted molar refractivity (Wildman–Crippen MR) is 233 cm³/mol. The molecule has 0 saturated heterocycles. The fraction of sp³-hybridized carbons (Fsp3) is 0.261. The fourth-order valence-electron chi connectivity index (χ4n) is 6.88. The second-order valence-electron chi connectivity index (χ2n) is 14.7. The number of nitrogens with zero attached hydrogens (tertiary/aromatic N) is 4. The minimum absolute atomic E-state index is 0.00139. The summed E-state index contributed by atoms with van der Waals surface area (Å²) < 4.78 is 113. The van der Waals surface area contributed by atoms with Gasteiger partial charge < -0.3 is 15.4 Å². The maximum Gasteiger partial charge on any atom is 0.390 e. The maximum atomic E-state index is 14.2. The van der Waals surface area contributed by atoms with Gasteiger partial charge in [-0.1, -0.05) is 35.8 Å². The van der Waals surface area contributed by atoms with E-state index in [1.165, 1.54) is 30.6 Å². The number of ether oxygens (including phenoxy) is 1. The number of hydrogen-bond acceptors (Lipinski definition) is 7. The molecule has 0 unspecified atom stereocenters. The zero-order valence-corrected chi connectivity index (χ0v) is 36.4. The van der Waals surface area contributed by atoms with E-state index in [-0.39, 0.29) is 35.3 Å². The van der Waals surface area contributed by atoms with Gasteiger partial charge in [0.2, 0.25) is 5.82 Å².